The summed E-state index contributed by atoms with van der Waals surface area (Å²) in [6.45, 7) is 1.34. The first-order valence-electron chi connectivity index (χ1n) is 15.3. The first-order valence-corrected chi connectivity index (χ1v) is 16.7. The summed E-state index contributed by atoms with van der Waals surface area (Å²) >= 11 is 0. The van der Waals surface area contributed by atoms with Gasteiger partial charge in [0.15, 0.2) is 5.54 Å². The molecule has 1 spiro atoms. The highest BCUT2D eigenvalue weighted by Gasteiger charge is 2.67. The fourth-order valence-electron chi connectivity index (χ4n) is 6.53. The number of aliphatic hydroxyl groups excluding tert-OH is 1. The van der Waals surface area contributed by atoms with Gasteiger partial charge in [0, 0.05) is 36.3 Å². The van der Waals surface area contributed by atoms with E-state index in [2.05, 4.69) is 0 Å². The zero-order valence-electron chi connectivity index (χ0n) is 26.1. The molecule has 3 heterocycles. The molecule has 0 aromatic heterocycles. The number of para-hydroxylation sites is 1. The van der Waals surface area contributed by atoms with Crippen molar-refractivity contribution in [1.29, 1.82) is 0 Å². The van der Waals surface area contributed by atoms with Gasteiger partial charge in [-0.15, -0.1) is 0 Å². The lowest BCUT2D eigenvalue weighted by Gasteiger charge is -2.35. The van der Waals surface area contributed by atoms with Crippen LogP contribution in [-0.2, 0) is 41.2 Å². The first kappa shape index (κ1) is 32.5. The lowest BCUT2D eigenvalue weighted by molar-refractivity contribution is -0.143. The molecule has 6 rings (SSSR count). The van der Waals surface area contributed by atoms with Crippen LogP contribution in [0.25, 0.3) is 5.76 Å². The second kappa shape index (κ2) is 12.6. The molecular weight excluding hydrogens is 627 g/mol. The molecule has 1 N–H and O–H groups in total. The van der Waals surface area contributed by atoms with E-state index in [0.717, 1.165) is 0 Å². The summed E-state index contributed by atoms with van der Waals surface area (Å²) in [5.41, 5.74) is -1.50. The number of rotatable bonds is 9. The number of benzene rings is 3. The second-order valence-electron chi connectivity index (χ2n) is 11.9. The SMILES string of the molecule is CN(C)CCCN1C(=O)C(=O)/C(=C(/O)c2ccc(S(=O)(=O)N3CCOCC3)cc2)C12C(=O)N(Cc1ccccc1F)c1ccccc12. The Morgan fingerprint density at radius 2 is 1.62 bits per heavy atom. The van der Waals surface area contributed by atoms with Crippen LogP contribution in [0.5, 0.6) is 0 Å². The molecule has 13 heteroatoms. The number of Topliss-reactive ketones (excluding diaryl/α,β-unsaturated/α-hetero) is 1. The second-order valence-corrected chi connectivity index (χ2v) is 13.9. The highest BCUT2D eigenvalue weighted by Crippen LogP contribution is 2.54. The van der Waals surface area contributed by atoms with E-state index in [1.165, 1.54) is 50.5 Å². The molecule has 47 heavy (non-hydrogen) atoms. The number of nitrogens with zero attached hydrogens (tertiary/aromatic N) is 4. The molecule has 0 aliphatic carbocycles. The van der Waals surface area contributed by atoms with Gasteiger partial charge >= 0.3 is 0 Å². The Morgan fingerprint density at radius 1 is 0.957 bits per heavy atom. The summed E-state index contributed by atoms with van der Waals surface area (Å²) in [5, 5.41) is 11.8. The van der Waals surface area contributed by atoms with E-state index >= 15 is 0 Å². The van der Waals surface area contributed by atoms with E-state index in [9.17, 15) is 32.3 Å². The summed E-state index contributed by atoms with van der Waals surface area (Å²) < 4.78 is 47.9. The summed E-state index contributed by atoms with van der Waals surface area (Å²) in [4.78, 5) is 47.0. The van der Waals surface area contributed by atoms with Crippen LogP contribution in [0.1, 0.15) is 23.1 Å². The molecule has 3 aromatic rings. The van der Waals surface area contributed by atoms with E-state index in [4.69, 9.17) is 4.74 Å². The van der Waals surface area contributed by atoms with Crippen molar-refractivity contribution in [2.45, 2.75) is 23.4 Å². The largest absolute Gasteiger partial charge is 0.507 e. The van der Waals surface area contributed by atoms with Crippen LogP contribution in [0, 0.1) is 5.82 Å². The maximum absolute atomic E-state index is 14.9. The molecule has 2 fully saturated rings. The molecule has 3 aliphatic heterocycles. The number of likely N-dealkylation sites (tertiary alicyclic amines) is 1. The third-order valence-corrected chi connectivity index (χ3v) is 10.7. The molecule has 2 amide bonds. The zero-order chi connectivity index (χ0) is 33.5. The van der Waals surface area contributed by atoms with Gasteiger partial charge in [-0.25, -0.2) is 12.8 Å². The van der Waals surface area contributed by atoms with Crippen LogP contribution in [0.2, 0.25) is 0 Å². The molecule has 0 bridgehead atoms. The van der Waals surface area contributed by atoms with E-state index in [-0.39, 0.29) is 55.4 Å². The first-order chi connectivity index (χ1) is 22.5. The number of ketones is 1. The number of fused-ring (bicyclic) bond motifs is 2. The van der Waals surface area contributed by atoms with E-state index in [0.29, 0.717) is 24.2 Å². The van der Waals surface area contributed by atoms with Crippen LogP contribution >= 0.6 is 0 Å². The number of carbonyl (C=O) groups is 3. The quantitative estimate of drug-likeness (QED) is 0.211. The molecule has 0 saturated carbocycles. The zero-order valence-corrected chi connectivity index (χ0v) is 26.9. The van der Waals surface area contributed by atoms with E-state index in [1.807, 2.05) is 19.0 Å². The van der Waals surface area contributed by atoms with Crippen LogP contribution in [0.4, 0.5) is 10.1 Å². The summed E-state index contributed by atoms with van der Waals surface area (Å²) in [6.07, 6.45) is 0.415. The van der Waals surface area contributed by atoms with Crippen molar-refractivity contribution in [3.05, 3.63) is 101 Å². The Labute approximate surface area is 272 Å². The smallest absolute Gasteiger partial charge is 0.296 e. The van der Waals surface area contributed by atoms with Crippen molar-refractivity contribution in [2.75, 3.05) is 58.4 Å². The van der Waals surface area contributed by atoms with Gasteiger partial charge in [-0.05, 0) is 63.5 Å². The minimum atomic E-state index is -3.85. The van der Waals surface area contributed by atoms with Crippen LogP contribution in [0.15, 0.2) is 83.3 Å². The van der Waals surface area contributed by atoms with Gasteiger partial charge in [0.2, 0.25) is 10.0 Å². The summed E-state index contributed by atoms with van der Waals surface area (Å²) in [6, 6.07) is 18.0. The highest BCUT2D eigenvalue weighted by atomic mass is 32.2. The van der Waals surface area contributed by atoms with Gasteiger partial charge in [-0.2, -0.15) is 4.31 Å². The third kappa shape index (κ3) is 5.42. The van der Waals surface area contributed by atoms with Crippen LogP contribution < -0.4 is 4.90 Å². The van der Waals surface area contributed by atoms with Crippen molar-refractivity contribution >= 4 is 39.1 Å². The molecular formula is C34H35FN4O7S. The van der Waals surface area contributed by atoms with Gasteiger partial charge in [-0.1, -0.05) is 36.4 Å². The Bertz CT molecular complexity index is 1870. The lowest BCUT2D eigenvalue weighted by atomic mass is 9.82. The Hall–Kier alpha value is -4.43. The van der Waals surface area contributed by atoms with Gasteiger partial charge in [-0.3, -0.25) is 14.4 Å². The number of hydrogen-bond acceptors (Lipinski definition) is 8. The van der Waals surface area contributed by atoms with Gasteiger partial charge in [0.05, 0.1) is 35.9 Å². The van der Waals surface area contributed by atoms with Crippen LogP contribution in [0.3, 0.4) is 0 Å². The minimum absolute atomic E-state index is 0.0177. The van der Waals surface area contributed by atoms with Gasteiger partial charge in [0.25, 0.3) is 17.6 Å². The number of morpholine rings is 1. The molecule has 11 nitrogen and oxygen atoms in total. The number of ether oxygens (including phenoxy) is 1. The monoisotopic (exact) mass is 662 g/mol. The van der Waals surface area contributed by atoms with E-state index in [1.54, 1.807) is 36.4 Å². The Kier molecular flexibility index (Phi) is 8.74. The van der Waals surface area contributed by atoms with Gasteiger partial charge in [0.1, 0.15) is 11.6 Å². The Morgan fingerprint density at radius 3 is 2.30 bits per heavy atom. The normalized spacial score (nSPS) is 21.3. The molecule has 1 unspecified atom stereocenters. The predicted molar refractivity (Wildman–Crippen MR) is 171 cm³/mol. The number of sulfonamides is 1. The molecule has 246 valence electrons. The maximum Gasteiger partial charge on any atom is 0.296 e. The molecule has 2 saturated heterocycles. The fourth-order valence-corrected chi connectivity index (χ4v) is 7.94. The fraction of sp³-hybridized carbons (Fsp3) is 0.324. The van der Waals surface area contributed by atoms with E-state index < -0.39 is 50.3 Å². The molecule has 0 radical (unpaired) electrons. The van der Waals surface area contributed by atoms with Crippen molar-refractivity contribution in [3.8, 4) is 0 Å². The topological polar surface area (TPSA) is 128 Å². The molecule has 1 atom stereocenters. The lowest BCUT2D eigenvalue weighted by Crippen LogP contribution is -2.52. The van der Waals surface area contributed by atoms with Crippen molar-refractivity contribution in [1.82, 2.24) is 14.1 Å². The summed E-state index contributed by atoms with van der Waals surface area (Å²) in [5.74, 6) is -3.82. The summed E-state index contributed by atoms with van der Waals surface area (Å²) in [7, 11) is -0.130. The number of aliphatic hydroxyl groups is 1. The average molecular weight is 663 g/mol. The maximum atomic E-state index is 14.9. The van der Waals surface area contributed by atoms with Crippen molar-refractivity contribution in [2.24, 2.45) is 0 Å². The number of carbonyl (C=O) groups excluding carboxylic acids is 3. The van der Waals surface area contributed by atoms with Crippen molar-refractivity contribution in [3.63, 3.8) is 0 Å². The number of amides is 2. The predicted octanol–water partition coefficient (Wildman–Crippen LogP) is 2.92. The molecule has 3 aromatic carbocycles. The number of anilines is 1. The standard InChI is InChI=1S/C34H35FN4O7S/c1-36(2)16-7-17-39-32(42)31(41)29(30(40)23-12-14-25(15-13-23)47(44,45)37-18-20-46-21-19-37)34(39)26-9-4-6-11-28(26)38(33(34)43)22-24-8-3-5-10-27(24)35/h3-6,8-15,40H,7,16-22H2,1-2H3/b30-29-. The third-order valence-electron chi connectivity index (χ3n) is 8.82. The van der Waals surface area contributed by atoms with Gasteiger partial charge < -0.3 is 24.5 Å². The average Bonchev–Trinajstić information content (AvgIpc) is 3.44. The minimum Gasteiger partial charge on any atom is -0.507 e. The highest BCUT2D eigenvalue weighted by molar-refractivity contribution is 7.89. The number of hydrogen-bond donors (Lipinski definition) is 1. The van der Waals surface area contributed by atoms with Crippen molar-refractivity contribution < 1.29 is 37.0 Å². The molecule has 3 aliphatic rings. The Balaban J connectivity index is 1.49. The van der Waals surface area contributed by atoms with Crippen LogP contribution in [-0.4, -0.2) is 98.7 Å². The number of halogens is 1.